The average molecular weight is 349 g/mol. The fraction of sp³-hybridized carbons (Fsp3) is 0.333. The van der Waals surface area contributed by atoms with Crippen LogP contribution in [-0.4, -0.2) is 15.6 Å². The number of nitrogens with one attached hydrogen (secondary N) is 1. The SMILES string of the molecule is Cc1ccc(CN[C@H]2CCc3c(ccc(=O)n3Cc3ccncc3)C2)o1. The lowest BCUT2D eigenvalue weighted by molar-refractivity contribution is 0.402. The maximum absolute atomic E-state index is 12.4. The molecule has 1 aliphatic rings. The Morgan fingerprint density at radius 2 is 2.04 bits per heavy atom. The van der Waals surface area contributed by atoms with Gasteiger partial charge in [0.05, 0.1) is 13.1 Å². The third-order valence-corrected chi connectivity index (χ3v) is 5.04. The summed E-state index contributed by atoms with van der Waals surface area (Å²) in [6.45, 7) is 3.31. The molecule has 1 aliphatic carbocycles. The van der Waals surface area contributed by atoms with Crippen LogP contribution < -0.4 is 10.9 Å². The molecule has 0 fully saturated rings. The predicted octanol–water partition coefficient (Wildman–Crippen LogP) is 2.84. The van der Waals surface area contributed by atoms with Crippen LogP contribution >= 0.6 is 0 Å². The lowest BCUT2D eigenvalue weighted by Crippen LogP contribution is -2.37. The summed E-state index contributed by atoms with van der Waals surface area (Å²) in [5, 5.41) is 3.59. The van der Waals surface area contributed by atoms with Crippen LogP contribution in [0.4, 0.5) is 0 Å². The van der Waals surface area contributed by atoms with Gasteiger partial charge in [0.2, 0.25) is 0 Å². The first kappa shape index (κ1) is 16.8. The standard InChI is InChI=1S/C21H23N3O2/c1-15-2-5-19(26-15)13-23-18-4-6-20-17(12-18)3-7-21(25)24(20)14-16-8-10-22-11-9-16/h2-3,5,7-11,18,23H,4,6,12-14H2,1H3/t18-/m0/s1. The minimum Gasteiger partial charge on any atom is -0.465 e. The van der Waals surface area contributed by atoms with Gasteiger partial charge in [-0.1, -0.05) is 6.07 Å². The molecule has 1 N–H and O–H groups in total. The maximum Gasteiger partial charge on any atom is 0.251 e. The summed E-state index contributed by atoms with van der Waals surface area (Å²) in [5.74, 6) is 1.91. The predicted molar refractivity (Wildman–Crippen MR) is 100 cm³/mol. The van der Waals surface area contributed by atoms with E-state index in [0.29, 0.717) is 12.6 Å². The number of pyridine rings is 2. The molecule has 0 spiro atoms. The van der Waals surface area contributed by atoms with Gasteiger partial charge in [-0.3, -0.25) is 9.78 Å². The van der Waals surface area contributed by atoms with Gasteiger partial charge in [-0.05, 0) is 61.6 Å². The van der Waals surface area contributed by atoms with Crippen molar-refractivity contribution in [3.63, 3.8) is 0 Å². The number of nitrogens with zero attached hydrogens (tertiary/aromatic N) is 2. The zero-order valence-corrected chi connectivity index (χ0v) is 14.9. The molecule has 1 atom stereocenters. The molecule has 5 heteroatoms. The van der Waals surface area contributed by atoms with Gasteiger partial charge in [-0.15, -0.1) is 0 Å². The Morgan fingerprint density at radius 3 is 2.81 bits per heavy atom. The highest BCUT2D eigenvalue weighted by atomic mass is 16.3. The van der Waals surface area contributed by atoms with Crippen LogP contribution in [0.5, 0.6) is 0 Å². The van der Waals surface area contributed by atoms with E-state index < -0.39 is 0 Å². The van der Waals surface area contributed by atoms with Gasteiger partial charge in [0.15, 0.2) is 0 Å². The molecule has 4 rings (SSSR count). The Hall–Kier alpha value is -2.66. The van der Waals surface area contributed by atoms with E-state index in [2.05, 4.69) is 10.3 Å². The zero-order valence-electron chi connectivity index (χ0n) is 14.9. The first-order valence-electron chi connectivity index (χ1n) is 9.08. The van der Waals surface area contributed by atoms with Crippen molar-refractivity contribution in [2.75, 3.05) is 0 Å². The van der Waals surface area contributed by atoms with Crippen LogP contribution in [0, 0.1) is 6.92 Å². The second-order valence-electron chi connectivity index (χ2n) is 6.92. The summed E-state index contributed by atoms with van der Waals surface area (Å²) in [6.07, 6.45) is 6.40. The molecule has 26 heavy (non-hydrogen) atoms. The number of aromatic nitrogens is 2. The first-order chi connectivity index (χ1) is 12.7. The Balaban J connectivity index is 1.49. The molecule has 0 saturated carbocycles. The van der Waals surface area contributed by atoms with E-state index in [4.69, 9.17) is 4.42 Å². The van der Waals surface area contributed by atoms with Gasteiger partial charge < -0.3 is 14.3 Å². The molecule has 0 bridgehead atoms. The van der Waals surface area contributed by atoms with Crippen molar-refractivity contribution in [1.29, 1.82) is 0 Å². The van der Waals surface area contributed by atoms with E-state index in [1.807, 2.05) is 41.8 Å². The van der Waals surface area contributed by atoms with E-state index in [-0.39, 0.29) is 5.56 Å². The van der Waals surface area contributed by atoms with Crippen LogP contribution in [0.2, 0.25) is 0 Å². The molecular formula is C21H23N3O2. The van der Waals surface area contributed by atoms with Crippen molar-refractivity contribution < 1.29 is 4.42 Å². The van der Waals surface area contributed by atoms with Crippen molar-refractivity contribution >= 4 is 0 Å². The molecule has 0 aliphatic heterocycles. The first-order valence-corrected chi connectivity index (χ1v) is 9.08. The average Bonchev–Trinajstić information content (AvgIpc) is 3.08. The Bertz CT molecular complexity index is 943. The van der Waals surface area contributed by atoms with E-state index in [9.17, 15) is 4.79 Å². The normalized spacial score (nSPS) is 16.4. The Labute approximate surface area is 152 Å². The van der Waals surface area contributed by atoms with E-state index in [0.717, 1.165) is 42.9 Å². The van der Waals surface area contributed by atoms with Crippen molar-refractivity contribution in [2.24, 2.45) is 0 Å². The van der Waals surface area contributed by atoms with Gasteiger partial charge >= 0.3 is 0 Å². The summed E-state index contributed by atoms with van der Waals surface area (Å²) < 4.78 is 7.55. The topological polar surface area (TPSA) is 60.1 Å². The van der Waals surface area contributed by atoms with Crippen molar-refractivity contribution in [3.05, 3.63) is 87.5 Å². The molecule has 0 radical (unpaired) electrons. The van der Waals surface area contributed by atoms with Gasteiger partial charge in [0.25, 0.3) is 5.56 Å². The van der Waals surface area contributed by atoms with Gasteiger partial charge in [0.1, 0.15) is 11.5 Å². The molecule has 0 unspecified atom stereocenters. The molecule has 3 heterocycles. The fourth-order valence-corrected chi connectivity index (χ4v) is 3.67. The summed E-state index contributed by atoms with van der Waals surface area (Å²) in [4.78, 5) is 16.5. The van der Waals surface area contributed by atoms with Gasteiger partial charge in [-0.25, -0.2) is 0 Å². The lowest BCUT2D eigenvalue weighted by Gasteiger charge is -2.27. The summed E-state index contributed by atoms with van der Waals surface area (Å²) in [5.41, 5.74) is 3.60. The number of fused-ring (bicyclic) bond motifs is 1. The molecule has 3 aromatic rings. The van der Waals surface area contributed by atoms with Crippen LogP contribution in [0.15, 0.2) is 58.0 Å². The largest absolute Gasteiger partial charge is 0.465 e. The second-order valence-corrected chi connectivity index (χ2v) is 6.92. The molecule has 3 aromatic heterocycles. The molecule has 134 valence electrons. The highest BCUT2D eigenvalue weighted by Gasteiger charge is 2.21. The number of hydrogen-bond donors (Lipinski definition) is 1. The van der Waals surface area contributed by atoms with Crippen LogP contribution in [0.1, 0.15) is 34.8 Å². The van der Waals surface area contributed by atoms with Crippen molar-refractivity contribution in [2.45, 2.75) is 45.3 Å². The molecule has 0 saturated heterocycles. The third-order valence-electron chi connectivity index (χ3n) is 5.04. The fourth-order valence-electron chi connectivity index (χ4n) is 3.67. The zero-order chi connectivity index (χ0) is 17.9. The summed E-state index contributed by atoms with van der Waals surface area (Å²) >= 11 is 0. The molecule has 0 amide bonds. The number of hydrogen-bond acceptors (Lipinski definition) is 4. The number of furan rings is 1. The summed E-state index contributed by atoms with van der Waals surface area (Å²) in [7, 11) is 0. The van der Waals surface area contributed by atoms with Crippen LogP contribution in [-0.2, 0) is 25.9 Å². The highest BCUT2D eigenvalue weighted by molar-refractivity contribution is 5.27. The molecule has 0 aromatic carbocycles. The van der Waals surface area contributed by atoms with Gasteiger partial charge in [0, 0.05) is 30.2 Å². The number of aryl methyl sites for hydroxylation is 1. The number of rotatable bonds is 5. The van der Waals surface area contributed by atoms with Crippen molar-refractivity contribution in [3.8, 4) is 0 Å². The minimum absolute atomic E-state index is 0.0676. The second kappa shape index (κ2) is 7.30. The molecule has 5 nitrogen and oxygen atoms in total. The monoisotopic (exact) mass is 349 g/mol. The highest BCUT2D eigenvalue weighted by Crippen LogP contribution is 2.21. The quantitative estimate of drug-likeness (QED) is 0.769. The third kappa shape index (κ3) is 3.63. The Morgan fingerprint density at radius 1 is 1.19 bits per heavy atom. The minimum atomic E-state index is 0.0676. The Kier molecular flexibility index (Phi) is 4.71. The van der Waals surface area contributed by atoms with Crippen LogP contribution in [0.25, 0.3) is 0 Å². The van der Waals surface area contributed by atoms with E-state index >= 15 is 0 Å². The van der Waals surface area contributed by atoms with E-state index in [1.165, 1.54) is 11.3 Å². The lowest BCUT2D eigenvalue weighted by atomic mass is 9.91. The summed E-state index contributed by atoms with van der Waals surface area (Å²) in [6, 6.07) is 12.0. The molecular weight excluding hydrogens is 326 g/mol. The smallest absolute Gasteiger partial charge is 0.251 e. The van der Waals surface area contributed by atoms with Crippen molar-refractivity contribution in [1.82, 2.24) is 14.9 Å². The van der Waals surface area contributed by atoms with E-state index in [1.54, 1.807) is 18.5 Å². The maximum atomic E-state index is 12.4. The van der Waals surface area contributed by atoms with Crippen LogP contribution in [0.3, 0.4) is 0 Å². The van der Waals surface area contributed by atoms with Gasteiger partial charge in [-0.2, -0.15) is 0 Å².